The number of aromatic amines is 1. The van der Waals surface area contributed by atoms with Gasteiger partial charge in [0.2, 0.25) is 0 Å². The number of anilines is 1. The van der Waals surface area contributed by atoms with Gasteiger partial charge in [0.05, 0.1) is 12.7 Å². The van der Waals surface area contributed by atoms with Crippen molar-refractivity contribution in [2.75, 3.05) is 4.90 Å². The van der Waals surface area contributed by atoms with Gasteiger partial charge in [-0.3, -0.25) is 4.79 Å². The Bertz CT molecular complexity index is 1130. The number of amides is 1. The van der Waals surface area contributed by atoms with Crippen LogP contribution >= 0.6 is 0 Å². The molecular formula is C24H27N5O. The first-order chi connectivity index (χ1) is 14.5. The minimum absolute atomic E-state index is 0.0353. The number of nitrogens with zero attached hydrogens (tertiary/aromatic N) is 4. The standard InChI is InChI=1S/C24H27N5O/c1-17(2)13-18(3)29(21-9-10-22-20(14-21)11-12-25-22)24(30)23-16-28(27-26-23)15-19-7-5-4-6-8-19/h4-12,14,16-18,25H,13,15H2,1-3H3. The maximum atomic E-state index is 13.5. The molecule has 0 saturated heterocycles. The summed E-state index contributed by atoms with van der Waals surface area (Å²) in [6, 6.07) is 18.1. The maximum absolute atomic E-state index is 13.5. The lowest BCUT2D eigenvalue weighted by molar-refractivity contribution is 0.0971. The van der Waals surface area contributed by atoms with Crippen LogP contribution in [0.15, 0.2) is 67.0 Å². The number of nitrogens with one attached hydrogen (secondary N) is 1. The van der Waals surface area contributed by atoms with Crippen molar-refractivity contribution in [2.45, 2.75) is 39.8 Å². The van der Waals surface area contributed by atoms with Crippen LogP contribution in [0, 0.1) is 5.92 Å². The van der Waals surface area contributed by atoms with Crippen molar-refractivity contribution in [3.05, 3.63) is 78.2 Å². The average molecular weight is 402 g/mol. The van der Waals surface area contributed by atoms with E-state index >= 15 is 0 Å². The molecule has 4 aromatic rings. The Morgan fingerprint density at radius 2 is 1.90 bits per heavy atom. The lowest BCUT2D eigenvalue weighted by Crippen LogP contribution is -2.39. The van der Waals surface area contributed by atoms with Crippen LogP contribution in [0.1, 0.15) is 43.2 Å². The maximum Gasteiger partial charge on any atom is 0.280 e. The molecule has 4 rings (SSSR count). The quantitative estimate of drug-likeness (QED) is 0.479. The first-order valence-corrected chi connectivity index (χ1v) is 10.4. The van der Waals surface area contributed by atoms with Crippen molar-refractivity contribution in [3.63, 3.8) is 0 Å². The summed E-state index contributed by atoms with van der Waals surface area (Å²) in [7, 11) is 0. The van der Waals surface area contributed by atoms with E-state index in [-0.39, 0.29) is 11.9 Å². The molecular weight excluding hydrogens is 374 g/mol. The molecule has 0 aliphatic rings. The SMILES string of the molecule is CC(C)CC(C)N(C(=O)c1cn(Cc2ccccc2)nn1)c1ccc2[nH]ccc2c1. The number of hydrogen-bond donors (Lipinski definition) is 1. The summed E-state index contributed by atoms with van der Waals surface area (Å²) >= 11 is 0. The molecule has 1 N–H and O–H groups in total. The van der Waals surface area contributed by atoms with Gasteiger partial charge in [0.25, 0.3) is 5.91 Å². The van der Waals surface area contributed by atoms with Crippen LogP contribution in [0.5, 0.6) is 0 Å². The second-order valence-electron chi connectivity index (χ2n) is 8.19. The molecule has 6 heteroatoms. The van der Waals surface area contributed by atoms with Gasteiger partial charge in [0, 0.05) is 28.8 Å². The third kappa shape index (κ3) is 4.27. The van der Waals surface area contributed by atoms with E-state index in [4.69, 9.17) is 0 Å². The number of hydrogen-bond acceptors (Lipinski definition) is 3. The fourth-order valence-electron chi connectivity index (χ4n) is 3.92. The average Bonchev–Trinajstić information content (AvgIpc) is 3.37. The lowest BCUT2D eigenvalue weighted by atomic mass is 10.0. The molecule has 0 fully saturated rings. The van der Waals surface area contributed by atoms with Gasteiger partial charge >= 0.3 is 0 Å². The summed E-state index contributed by atoms with van der Waals surface area (Å²) in [6.45, 7) is 7.01. The van der Waals surface area contributed by atoms with Crippen LogP contribution in [-0.2, 0) is 6.54 Å². The van der Waals surface area contributed by atoms with Crippen LogP contribution < -0.4 is 4.90 Å². The Balaban J connectivity index is 1.63. The van der Waals surface area contributed by atoms with Gasteiger partial charge < -0.3 is 9.88 Å². The fourth-order valence-corrected chi connectivity index (χ4v) is 3.92. The molecule has 1 unspecified atom stereocenters. The van der Waals surface area contributed by atoms with Gasteiger partial charge in [0.1, 0.15) is 0 Å². The second-order valence-corrected chi connectivity index (χ2v) is 8.19. The van der Waals surface area contributed by atoms with Crippen molar-refractivity contribution in [1.29, 1.82) is 0 Å². The second kappa shape index (κ2) is 8.53. The minimum Gasteiger partial charge on any atom is -0.361 e. The molecule has 0 bridgehead atoms. The van der Waals surface area contributed by atoms with Gasteiger partial charge in [-0.1, -0.05) is 49.4 Å². The summed E-state index contributed by atoms with van der Waals surface area (Å²) in [5, 5.41) is 9.45. The monoisotopic (exact) mass is 401 g/mol. The van der Waals surface area contributed by atoms with E-state index in [1.165, 1.54) is 0 Å². The van der Waals surface area contributed by atoms with Crippen LogP contribution in [0.2, 0.25) is 0 Å². The lowest BCUT2D eigenvalue weighted by Gasteiger charge is -2.30. The summed E-state index contributed by atoms with van der Waals surface area (Å²) in [5.41, 5.74) is 3.40. The fraction of sp³-hybridized carbons (Fsp3) is 0.292. The van der Waals surface area contributed by atoms with E-state index in [0.717, 1.165) is 28.6 Å². The number of fused-ring (bicyclic) bond motifs is 1. The third-order valence-corrected chi connectivity index (χ3v) is 5.23. The normalized spacial score (nSPS) is 12.4. The highest BCUT2D eigenvalue weighted by atomic mass is 16.2. The van der Waals surface area contributed by atoms with Crippen LogP contribution in [-0.4, -0.2) is 31.9 Å². The Morgan fingerprint density at radius 3 is 2.67 bits per heavy atom. The topological polar surface area (TPSA) is 66.8 Å². The number of rotatable bonds is 7. The molecule has 0 saturated carbocycles. The zero-order valence-electron chi connectivity index (χ0n) is 17.6. The first-order valence-electron chi connectivity index (χ1n) is 10.4. The molecule has 0 aliphatic carbocycles. The molecule has 154 valence electrons. The summed E-state index contributed by atoms with van der Waals surface area (Å²) in [4.78, 5) is 18.6. The Morgan fingerprint density at radius 1 is 1.10 bits per heavy atom. The van der Waals surface area contributed by atoms with Gasteiger partial charge in [0.15, 0.2) is 5.69 Å². The largest absolute Gasteiger partial charge is 0.361 e. The van der Waals surface area contributed by atoms with E-state index in [9.17, 15) is 4.79 Å². The predicted octanol–water partition coefficient (Wildman–Crippen LogP) is 4.89. The molecule has 6 nitrogen and oxygen atoms in total. The van der Waals surface area contributed by atoms with Gasteiger partial charge in [-0.05, 0) is 49.1 Å². The van der Waals surface area contributed by atoms with Crippen molar-refractivity contribution in [3.8, 4) is 0 Å². The molecule has 2 aromatic heterocycles. The van der Waals surface area contributed by atoms with E-state index in [2.05, 4.69) is 42.1 Å². The van der Waals surface area contributed by atoms with E-state index < -0.39 is 0 Å². The van der Waals surface area contributed by atoms with Crippen molar-refractivity contribution in [2.24, 2.45) is 5.92 Å². The summed E-state index contributed by atoms with van der Waals surface area (Å²) in [5.74, 6) is 0.345. The van der Waals surface area contributed by atoms with E-state index in [0.29, 0.717) is 18.2 Å². The molecule has 1 amide bonds. The van der Waals surface area contributed by atoms with Gasteiger partial charge in [-0.25, -0.2) is 4.68 Å². The summed E-state index contributed by atoms with van der Waals surface area (Å²) in [6.07, 6.45) is 4.54. The minimum atomic E-state index is -0.127. The van der Waals surface area contributed by atoms with Crippen LogP contribution in [0.25, 0.3) is 10.9 Å². The highest BCUT2D eigenvalue weighted by molar-refractivity contribution is 6.05. The summed E-state index contributed by atoms with van der Waals surface area (Å²) < 4.78 is 1.71. The Labute approximate surface area is 176 Å². The molecule has 2 aromatic carbocycles. The molecule has 30 heavy (non-hydrogen) atoms. The number of carbonyl (C=O) groups excluding carboxylic acids is 1. The third-order valence-electron chi connectivity index (χ3n) is 5.23. The smallest absolute Gasteiger partial charge is 0.280 e. The number of aromatic nitrogens is 4. The molecule has 2 heterocycles. The Hall–Kier alpha value is -3.41. The van der Waals surface area contributed by atoms with Crippen molar-refractivity contribution in [1.82, 2.24) is 20.0 Å². The number of carbonyl (C=O) groups is 1. The molecule has 1 atom stereocenters. The highest BCUT2D eigenvalue weighted by Crippen LogP contribution is 2.26. The number of H-pyrrole nitrogens is 1. The molecule has 0 radical (unpaired) electrons. The molecule has 0 aliphatic heterocycles. The zero-order chi connectivity index (χ0) is 21.1. The predicted molar refractivity (Wildman–Crippen MR) is 120 cm³/mol. The van der Waals surface area contributed by atoms with E-state index in [1.54, 1.807) is 10.9 Å². The van der Waals surface area contributed by atoms with Gasteiger partial charge in [-0.2, -0.15) is 0 Å². The highest BCUT2D eigenvalue weighted by Gasteiger charge is 2.26. The van der Waals surface area contributed by atoms with Crippen LogP contribution in [0.4, 0.5) is 5.69 Å². The van der Waals surface area contributed by atoms with Gasteiger partial charge in [-0.15, -0.1) is 5.10 Å². The zero-order valence-corrected chi connectivity index (χ0v) is 17.6. The van der Waals surface area contributed by atoms with E-state index in [1.807, 2.05) is 59.6 Å². The van der Waals surface area contributed by atoms with Crippen molar-refractivity contribution < 1.29 is 4.79 Å². The first kappa shape index (κ1) is 19.9. The Kier molecular flexibility index (Phi) is 5.65. The number of benzene rings is 2. The van der Waals surface area contributed by atoms with Crippen LogP contribution in [0.3, 0.4) is 0 Å². The molecule has 0 spiro atoms. The van der Waals surface area contributed by atoms with Crippen molar-refractivity contribution >= 4 is 22.5 Å².